The summed E-state index contributed by atoms with van der Waals surface area (Å²) in [7, 11) is 0.740. The van der Waals surface area contributed by atoms with Crippen molar-refractivity contribution in [3.8, 4) is 0 Å². The number of nitrogens with zero attached hydrogens (tertiary/aromatic N) is 3. The lowest BCUT2D eigenvalue weighted by Gasteiger charge is -2.10. The van der Waals surface area contributed by atoms with E-state index in [0.29, 0.717) is 0 Å². The fourth-order valence-corrected chi connectivity index (χ4v) is 1.87. The number of hydrogen-bond acceptors (Lipinski definition) is 6. The molecule has 8 heteroatoms. The zero-order valence-electron chi connectivity index (χ0n) is 7.59. The average molecular weight is 206 g/mol. The van der Waals surface area contributed by atoms with Crippen LogP contribution in [0.5, 0.6) is 0 Å². The van der Waals surface area contributed by atoms with Crippen molar-refractivity contribution in [2.45, 2.75) is 0 Å². The van der Waals surface area contributed by atoms with Crippen LogP contribution in [0.25, 0.3) is 0 Å². The Morgan fingerprint density at radius 1 is 1.46 bits per heavy atom. The van der Waals surface area contributed by atoms with E-state index in [1.54, 1.807) is 7.05 Å². The highest BCUT2D eigenvalue weighted by molar-refractivity contribution is 7.62. The molecule has 0 aliphatic heterocycles. The first-order valence-electron chi connectivity index (χ1n) is 3.42. The van der Waals surface area contributed by atoms with E-state index >= 15 is 0 Å². The van der Waals surface area contributed by atoms with Crippen molar-refractivity contribution in [3.63, 3.8) is 0 Å². The van der Waals surface area contributed by atoms with E-state index in [4.69, 9.17) is 14.8 Å². The fraction of sp³-hybridized carbons (Fsp3) is 0.600. The van der Waals surface area contributed by atoms with Crippen LogP contribution in [0.2, 0.25) is 0 Å². The molecule has 0 unspecified atom stereocenters. The van der Waals surface area contributed by atoms with Crippen LogP contribution in [0.3, 0.4) is 0 Å². The third-order valence-corrected chi connectivity index (χ3v) is 3.39. The lowest BCUT2D eigenvalue weighted by Crippen LogP contribution is -2.14. The highest BCUT2D eigenvalue weighted by atomic mass is 31.2. The zero-order valence-corrected chi connectivity index (χ0v) is 8.49. The summed E-state index contributed by atoms with van der Waals surface area (Å²) in [5, 5.41) is 7.19. The summed E-state index contributed by atoms with van der Waals surface area (Å²) in [5.74, 6) is 0.173. The van der Waals surface area contributed by atoms with Crippen LogP contribution >= 0.6 is 7.60 Å². The molecule has 2 N–H and O–H groups in total. The zero-order chi connectivity index (χ0) is 10.1. The first kappa shape index (κ1) is 10.2. The summed E-state index contributed by atoms with van der Waals surface area (Å²) >= 11 is 0. The number of nitrogens with two attached hydrogens (primary N) is 1. The minimum absolute atomic E-state index is 0.0417. The van der Waals surface area contributed by atoms with Crippen molar-refractivity contribution in [3.05, 3.63) is 0 Å². The Bertz CT molecular complexity index is 342. The van der Waals surface area contributed by atoms with E-state index in [9.17, 15) is 4.57 Å². The summed E-state index contributed by atoms with van der Waals surface area (Å²) in [6, 6.07) is 0. The first-order chi connectivity index (χ1) is 6.05. The Morgan fingerprint density at radius 3 is 2.31 bits per heavy atom. The van der Waals surface area contributed by atoms with Crippen LogP contribution in [0.4, 0.5) is 5.82 Å². The molecule has 0 atom stereocenters. The SMILES string of the molecule is COP(=O)(OC)c1nnn(C)c1N. The standard InChI is InChI=1S/C5H11N4O3P/c1-9-4(6)5(7-8-9)13(10,11-2)12-3/h6H2,1-3H3. The Labute approximate surface area is 75.4 Å². The van der Waals surface area contributed by atoms with Crippen molar-refractivity contribution in [2.24, 2.45) is 7.05 Å². The molecule has 0 amide bonds. The van der Waals surface area contributed by atoms with Crippen LogP contribution in [-0.2, 0) is 20.7 Å². The second kappa shape index (κ2) is 3.45. The van der Waals surface area contributed by atoms with E-state index in [-0.39, 0.29) is 11.3 Å². The largest absolute Gasteiger partial charge is 0.384 e. The quantitative estimate of drug-likeness (QED) is 0.670. The van der Waals surface area contributed by atoms with Crippen molar-refractivity contribution < 1.29 is 13.6 Å². The Morgan fingerprint density at radius 2 is 2.00 bits per heavy atom. The molecule has 0 radical (unpaired) electrons. The molecule has 0 bridgehead atoms. The van der Waals surface area contributed by atoms with Gasteiger partial charge in [0.25, 0.3) is 0 Å². The third-order valence-electron chi connectivity index (χ3n) is 1.59. The third kappa shape index (κ3) is 1.58. The topological polar surface area (TPSA) is 92.3 Å². The molecule has 7 nitrogen and oxygen atoms in total. The monoisotopic (exact) mass is 206 g/mol. The van der Waals surface area contributed by atoms with Gasteiger partial charge in [0, 0.05) is 21.3 Å². The first-order valence-corrected chi connectivity index (χ1v) is 4.96. The van der Waals surface area contributed by atoms with Crippen LogP contribution in [0.1, 0.15) is 0 Å². The number of aryl methyl sites for hydroxylation is 1. The van der Waals surface area contributed by atoms with Gasteiger partial charge in [-0.2, -0.15) is 0 Å². The second-order valence-corrected chi connectivity index (χ2v) is 4.43. The summed E-state index contributed by atoms with van der Waals surface area (Å²) < 4.78 is 22.4. The van der Waals surface area contributed by atoms with Gasteiger partial charge in [0.1, 0.15) is 0 Å². The van der Waals surface area contributed by atoms with E-state index in [1.807, 2.05) is 0 Å². The molecule has 74 valence electrons. The molecule has 1 rings (SSSR count). The minimum Gasteiger partial charge on any atom is -0.382 e. The molecular formula is C5H11N4O3P. The molecule has 0 saturated carbocycles. The van der Waals surface area contributed by atoms with Gasteiger partial charge in [0.2, 0.25) is 5.44 Å². The normalized spacial score (nSPS) is 11.9. The van der Waals surface area contributed by atoms with E-state index in [0.717, 1.165) is 0 Å². The van der Waals surface area contributed by atoms with Gasteiger partial charge in [0.15, 0.2) is 5.82 Å². The van der Waals surface area contributed by atoms with Gasteiger partial charge in [-0.15, -0.1) is 5.10 Å². The van der Waals surface area contributed by atoms with Gasteiger partial charge < -0.3 is 14.8 Å². The molecule has 0 aromatic carbocycles. The lowest BCUT2D eigenvalue weighted by molar-refractivity contribution is 0.286. The fourth-order valence-electron chi connectivity index (χ4n) is 0.796. The second-order valence-electron chi connectivity index (χ2n) is 2.28. The maximum atomic E-state index is 11.7. The Balaban J connectivity index is 3.21. The molecule has 1 aromatic rings. The maximum Gasteiger partial charge on any atom is 0.384 e. The molecule has 0 aliphatic carbocycles. The number of nitrogen functional groups attached to an aromatic ring is 1. The van der Waals surface area contributed by atoms with E-state index in [1.165, 1.54) is 18.9 Å². The number of aromatic nitrogens is 3. The molecular weight excluding hydrogens is 195 g/mol. The molecule has 0 saturated heterocycles. The molecule has 0 spiro atoms. The van der Waals surface area contributed by atoms with Gasteiger partial charge >= 0.3 is 7.60 Å². The lowest BCUT2D eigenvalue weighted by atomic mass is 10.8. The summed E-state index contributed by atoms with van der Waals surface area (Å²) in [6.07, 6.45) is 0. The van der Waals surface area contributed by atoms with Crippen LogP contribution < -0.4 is 11.2 Å². The smallest absolute Gasteiger partial charge is 0.382 e. The van der Waals surface area contributed by atoms with Crippen molar-refractivity contribution >= 4 is 18.8 Å². The van der Waals surface area contributed by atoms with Gasteiger partial charge in [0.05, 0.1) is 0 Å². The Kier molecular flexibility index (Phi) is 2.70. The highest BCUT2D eigenvalue weighted by Gasteiger charge is 2.31. The summed E-state index contributed by atoms with van der Waals surface area (Å²) in [6.45, 7) is 0. The molecule has 0 fully saturated rings. The molecule has 0 aliphatic rings. The average Bonchev–Trinajstić information content (AvgIpc) is 2.47. The Hall–Kier alpha value is -0.910. The summed E-state index contributed by atoms with van der Waals surface area (Å²) in [5.41, 5.74) is 5.59. The van der Waals surface area contributed by atoms with Crippen LogP contribution in [0.15, 0.2) is 0 Å². The van der Waals surface area contributed by atoms with Gasteiger partial charge in [-0.25, -0.2) is 4.68 Å². The maximum absolute atomic E-state index is 11.7. The highest BCUT2D eigenvalue weighted by Crippen LogP contribution is 2.45. The van der Waals surface area contributed by atoms with E-state index in [2.05, 4.69) is 10.3 Å². The predicted octanol–water partition coefficient (Wildman–Crippen LogP) is -0.492. The summed E-state index contributed by atoms with van der Waals surface area (Å²) in [4.78, 5) is 0. The van der Waals surface area contributed by atoms with Crippen molar-refractivity contribution in [1.82, 2.24) is 15.0 Å². The molecule has 1 aromatic heterocycles. The van der Waals surface area contributed by atoms with Gasteiger partial charge in [-0.05, 0) is 0 Å². The van der Waals surface area contributed by atoms with E-state index < -0.39 is 7.60 Å². The predicted molar refractivity (Wildman–Crippen MR) is 46.7 cm³/mol. The van der Waals surface area contributed by atoms with Crippen molar-refractivity contribution in [1.29, 1.82) is 0 Å². The number of anilines is 1. The van der Waals surface area contributed by atoms with Crippen molar-refractivity contribution in [2.75, 3.05) is 20.0 Å². The number of hydrogen-bond donors (Lipinski definition) is 1. The minimum atomic E-state index is -3.37. The van der Waals surface area contributed by atoms with Gasteiger partial charge in [-0.3, -0.25) is 4.57 Å². The number of rotatable bonds is 3. The van der Waals surface area contributed by atoms with Crippen LogP contribution in [0, 0.1) is 0 Å². The van der Waals surface area contributed by atoms with Gasteiger partial charge in [-0.1, -0.05) is 5.21 Å². The molecule has 1 heterocycles. The molecule has 13 heavy (non-hydrogen) atoms. The van der Waals surface area contributed by atoms with Crippen LogP contribution in [-0.4, -0.2) is 29.2 Å².